The molecule has 0 heterocycles. The number of carbonyl (C=O) groups is 1. The number of hydrogen-bond acceptors (Lipinski definition) is 4. The van der Waals surface area contributed by atoms with Crippen LogP contribution in [0.1, 0.15) is 18.1 Å². The summed E-state index contributed by atoms with van der Waals surface area (Å²) in [5.41, 5.74) is 6.08. The lowest BCUT2D eigenvalue weighted by atomic mass is 9.91. The van der Waals surface area contributed by atoms with Crippen molar-refractivity contribution in [1.82, 2.24) is 0 Å². The molecule has 0 aliphatic carbocycles. The summed E-state index contributed by atoms with van der Waals surface area (Å²) in [7, 11) is 0.596. The van der Waals surface area contributed by atoms with Crippen LogP contribution in [-0.2, 0) is 11.2 Å². The van der Waals surface area contributed by atoms with E-state index in [-0.39, 0.29) is 6.42 Å². The highest BCUT2D eigenvalue weighted by atomic mass is 16.5. The third kappa shape index (κ3) is 3.47. The number of rotatable bonds is 5. The van der Waals surface area contributed by atoms with Crippen LogP contribution >= 0.6 is 0 Å². The van der Waals surface area contributed by atoms with Crippen LogP contribution in [0, 0.1) is 6.92 Å². The third-order valence-corrected chi connectivity index (χ3v) is 2.55. The summed E-state index contributed by atoms with van der Waals surface area (Å²) in [5.74, 6) is -0.552. The zero-order valence-corrected chi connectivity index (χ0v) is 9.80. The molecule has 0 spiro atoms. The van der Waals surface area contributed by atoms with Crippen molar-refractivity contribution >= 4 is 13.7 Å². The second-order valence-corrected chi connectivity index (χ2v) is 4.21. The normalized spacial score (nSPS) is 13.9. The fraction of sp³-hybridized carbons (Fsp3) is 0.364. The maximum atomic E-state index is 10.9. The molecule has 17 heavy (non-hydrogen) atoms. The number of carboxylic acid groups (broad SMARTS) is 1. The molecule has 0 saturated heterocycles. The Bertz CT molecular complexity index is 420. The Morgan fingerprint density at radius 3 is 2.71 bits per heavy atom. The van der Waals surface area contributed by atoms with Crippen LogP contribution in [0.3, 0.4) is 0 Å². The van der Waals surface area contributed by atoms with E-state index < -0.39 is 11.5 Å². The van der Waals surface area contributed by atoms with Crippen molar-refractivity contribution < 1.29 is 19.6 Å². The van der Waals surface area contributed by atoms with Crippen molar-refractivity contribution in [2.45, 2.75) is 25.8 Å². The van der Waals surface area contributed by atoms with Crippen molar-refractivity contribution in [2.24, 2.45) is 5.73 Å². The summed E-state index contributed by atoms with van der Waals surface area (Å²) in [4.78, 5) is 10.9. The average molecular weight is 236 g/mol. The smallest absolute Gasteiger partial charge is 0.537 e. The van der Waals surface area contributed by atoms with E-state index in [1.54, 1.807) is 18.2 Å². The van der Waals surface area contributed by atoms with E-state index in [1.165, 1.54) is 6.92 Å². The molecule has 5 nitrogen and oxygen atoms in total. The van der Waals surface area contributed by atoms with Gasteiger partial charge >= 0.3 is 13.7 Å². The van der Waals surface area contributed by atoms with Crippen molar-refractivity contribution in [3.05, 3.63) is 29.3 Å². The van der Waals surface area contributed by atoms with Crippen LogP contribution in [0.25, 0.3) is 0 Å². The minimum absolute atomic E-state index is 0.233. The van der Waals surface area contributed by atoms with Gasteiger partial charge in [0.25, 0.3) is 0 Å². The molecule has 0 aliphatic rings. The molecule has 1 rings (SSSR count). The van der Waals surface area contributed by atoms with Gasteiger partial charge in [0.15, 0.2) is 0 Å². The first-order chi connectivity index (χ1) is 7.86. The molecule has 0 fully saturated rings. The van der Waals surface area contributed by atoms with Crippen molar-refractivity contribution in [3.63, 3.8) is 0 Å². The maximum absolute atomic E-state index is 10.9. The number of aliphatic carboxylic acids is 1. The van der Waals surface area contributed by atoms with Crippen LogP contribution in [0.2, 0.25) is 0 Å². The highest BCUT2D eigenvalue weighted by Gasteiger charge is 2.28. The third-order valence-electron chi connectivity index (χ3n) is 2.55. The zero-order chi connectivity index (χ0) is 13.1. The first kappa shape index (κ1) is 13.5. The van der Waals surface area contributed by atoms with Crippen LogP contribution in [0.5, 0.6) is 5.75 Å². The highest BCUT2D eigenvalue weighted by Crippen LogP contribution is 2.20. The molecule has 0 bridgehead atoms. The van der Waals surface area contributed by atoms with Crippen molar-refractivity contribution in [1.29, 1.82) is 0 Å². The monoisotopic (exact) mass is 236 g/mol. The van der Waals surface area contributed by atoms with Crippen LogP contribution < -0.4 is 10.4 Å². The van der Waals surface area contributed by atoms with Gasteiger partial charge in [0.1, 0.15) is 11.3 Å². The Hall–Kier alpha value is -1.53. The SMILES string of the molecule is Cc1cc(O[B]O)ccc1C[C@@](C)(N)C(=O)O. The van der Waals surface area contributed by atoms with E-state index in [4.69, 9.17) is 20.5 Å². The van der Waals surface area contributed by atoms with Gasteiger partial charge in [-0.3, -0.25) is 4.79 Å². The lowest BCUT2D eigenvalue weighted by Gasteiger charge is -2.20. The van der Waals surface area contributed by atoms with Crippen LogP contribution in [0.4, 0.5) is 0 Å². The fourth-order valence-corrected chi connectivity index (χ4v) is 1.47. The molecule has 6 heteroatoms. The minimum atomic E-state index is -1.30. The van der Waals surface area contributed by atoms with E-state index >= 15 is 0 Å². The highest BCUT2D eigenvalue weighted by molar-refractivity contribution is 6.17. The molecule has 1 atom stereocenters. The molecule has 1 aromatic carbocycles. The number of nitrogens with two attached hydrogens (primary N) is 1. The molecule has 1 radical (unpaired) electrons. The van der Waals surface area contributed by atoms with Gasteiger partial charge in [0.05, 0.1) is 0 Å². The zero-order valence-electron chi connectivity index (χ0n) is 9.80. The van der Waals surface area contributed by atoms with Crippen LogP contribution in [0.15, 0.2) is 18.2 Å². The predicted molar refractivity (Wildman–Crippen MR) is 63.7 cm³/mol. The topological polar surface area (TPSA) is 92.8 Å². The van der Waals surface area contributed by atoms with Gasteiger partial charge in [-0.05, 0) is 37.1 Å². The second-order valence-electron chi connectivity index (χ2n) is 4.21. The lowest BCUT2D eigenvalue weighted by molar-refractivity contribution is -0.142. The second kappa shape index (κ2) is 5.20. The molecular weight excluding hydrogens is 221 g/mol. The molecule has 0 aliphatic heterocycles. The first-order valence-electron chi connectivity index (χ1n) is 5.11. The Kier molecular flexibility index (Phi) is 4.14. The largest absolute Gasteiger partial charge is 0.569 e. The number of benzene rings is 1. The predicted octanol–water partition coefficient (Wildman–Crippen LogP) is 0.245. The number of carboxylic acids is 1. The lowest BCUT2D eigenvalue weighted by Crippen LogP contribution is -2.46. The Balaban J connectivity index is 2.90. The Labute approximate surface area is 101 Å². The van der Waals surface area contributed by atoms with E-state index in [2.05, 4.69) is 0 Å². The van der Waals surface area contributed by atoms with E-state index in [0.717, 1.165) is 11.1 Å². The van der Waals surface area contributed by atoms with Gasteiger partial charge in [0, 0.05) is 6.42 Å². The molecular formula is C11H15BNO4. The number of hydrogen-bond donors (Lipinski definition) is 3. The van der Waals surface area contributed by atoms with Crippen LogP contribution in [-0.4, -0.2) is 29.3 Å². The summed E-state index contributed by atoms with van der Waals surface area (Å²) in [6.45, 7) is 3.30. The van der Waals surface area contributed by atoms with Gasteiger partial charge < -0.3 is 20.5 Å². The van der Waals surface area contributed by atoms with E-state index in [0.29, 0.717) is 13.4 Å². The summed E-state index contributed by atoms with van der Waals surface area (Å²) >= 11 is 0. The molecule has 1 aromatic rings. The summed E-state index contributed by atoms with van der Waals surface area (Å²) in [6.07, 6.45) is 0.233. The quantitative estimate of drug-likeness (QED) is 0.637. The number of aryl methyl sites for hydroxylation is 1. The average Bonchev–Trinajstić information content (AvgIpc) is 2.22. The summed E-state index contributed by atoms with van der Waals surface area (Å²) in [5, 5.41) is 17.4. The van der Waals surface area contributed by atoms with Gasteiger partial charge in [0.2, 0.25) is 0 Å². The van der Waals surface area contributed by atoms with Gasteiger partial charge in [-0.25, -0.2) is 0 Å². The van der Waals surface area contributed by atoms with E-state index in [9.17, 15) is 4.79 Å². The minimum Gasteiger partial charge on any atom is -0.537 e. The Morgan fingerprint density at radius 2 is 2.24 bits per heavy atom. The van der Waals surface area contributed by atoms with Crippen molar-refractivity contribution in [3.8, 4) is 5.75 Å². The van der Waals surface area contributed by atoms with E-state index in [1.807, 2.05) is 6.92 Å². The molecule has 0 amide bonds. The molecule has 0 aromatic heterocycles. The molecule has 0 unspecified atom stereocenters. The van der Waals surface area contributed by atoms with Gasteiger partial charge in [-0.15, -0.1) is 0 Å². The van der Waals surface area contributed by atoms with Gasteiger partial charge in [-0.2, -0.15) is 0 Å². The standard InChI is InChI=1S/C11H15BNO4/c1-7-5-9(17-12-16)4-3-8(7)6-11(2,13)10(14)15/h3-5,16H,6,13H2,1-2H3,(H,14,15)/t11-/m1/s1. The molecule has 0 saturated carbocycles. The fourth-order valence-electron chi connectivity index (χ4n) is 1.47. The first-order valence-corrected chi connectivity index (χ1v) is 5.11. The molecule has 4 N–H and O–H groups in total. The summed E-state index contributed by atoms with van der Waals surface area (Å²) < 4.78 is 4.80. The van der Waals surface area contributed by atoms with Gasteiger partial charge in [-0.1, -0.05) is 6.07 Å². The van der Waals surface area contributed by atoms with Crippen molar-refractivity contribution in [2.75, 3.05) is 0 Å². The Morgan fingerprint density at radius 1 is 1.59 bits per heavy atom. The molecule has 91 valence electrons. The summed E-state index contributed by atoms with van der Waals surface area (Å²) in [6, 6.07) is 5.09. The maximum Gasteiger partial charge on any atom is 0.569 e.